The number of aryl methyl sites for hydroxylation is 1. The van der Waals surface area contributed by atoms with Gasteiger partial charge in [0.25, 0.3) is 5.91 Å². The highest BCUT2D eigenvalue weighted by Gasteiger charge is 2.28. The molecule has 0 atom stereocenters. The molecule has 156 valence electrons. The lowest BCUT2D eigenvalue weighted by atomic mass is 10.2. The third-order valence-corrected chi connectivity index (χ3v) is 4.78. The van der Waals surface area contributed by atoms with Gasteiger partial charge in [0, 0.05) is 29.2 Å². The van der Waals surface area contributed by atoms with Gasteiger partial charge in [-0.25, -0.2) is 4.79 Å². The number of benzene rings is 1. The van der Waals surface area contributed by atoms with E-state index < -0.39 is 11.9 Å². The fourth-order valence-corrected chi connectivity index (χ4v) is 3.41. The van der Waals surface area contributed by atoms with E-state index in [1.54, 1.807) is 18.2 Å². The highest BCUT2D eigenvalue weighted by atomic mass is 16.5. The largest absolute Gasteiger partial charge is 0.490 e. The summed E-state index contributed by atoms with van der Waals surface area (Å²) in [5, 5.41) is 2.72. The average molecular weight is 400 g/mol. The van der Waals surface area contributed by atoms with Crippen molar-refractivity contribution in [2.24, 2.45) is 0 Å². The Morgan fingerprint density at radius 2 is 1.76 bits per heavy atom. The molecule has 29 heavy (non-hydrogen) atoms. The molecule has 7 heteroatoms. The van der Waals surface area contributed by atoms with E-state index in [0.29, 0.717) is 42.0 Å². The lowest BCUT2D eigenvalue weighted by Gasteiger charge is -2.13. The Morgan fingerprint density at radius 3 is 2.41 bits per heavy atom. The Morgan fingerprint density at radius 1 is 1.07 bits per heavy atom. The molecule has 0 spiro atoms. The van der Waals surface area contributed by atoms with Crippen molar-refractivity contribution in [3.8, 4) is 11.5 Å². The molecule has 1 heterocycles. The van der Waals surface area contributed by atoms with Gasteiger partial charge < -0.3 is 24.1 Å². The topological polar surface area (TPSA) is 78.8 Å². The Labute approximate surface area is 170 Å². The summed E-state index contributed by atoms with van der Waals surface area (Å²) in [5.74, 6) is 0.268. The second-order valence-electron chi connectivity index (χ2n) is 7.04. The predicted molar refractivity (Wildman–Crippen MR) is 110 cm³/mol. The maximum Gasteiger partial charge on any atom is 0.340 e. The number of aromatic nitrogens is 1. The van der Waals surface area contributed by atoms with E-state index in [1.165, 1.54) is 0 Å². The first-order chi connectivity index (χ1) is 13.9. The van der Waals surface area contributed by atoms with Crippen LogP contribution < -0.4 is 14.8 Å². The summed E-state index contributed by atoms with van der Waals surface area (Å²) in [4.78, 5) is 24.7. The number of ether oxygens (including phenoxy) is 3. The van der Waals surface area contributed by atoms with Gasteiger partial charge in [-0.05, 0) is 58.7 Å². The molecule has 0 aliphatic heterocycles. The monoisotopic (exact) mass is 400 g/mol. The summed E-state index contributed by atoms with van der Waals surface area (Å²) in [5.41, 5.74) is 2.99. The molecule has 1 aromatic heterocycles. The molecular weight excluding hydrogens is 372 g/mol. The Kier molecular flexibility index (Phi) is 6.46. The molecule has 1 N–H and O–H groups in total. The van der Waals surface area contributed by atoms with Crippen molar-refractivity contribution in [2.45, 2.75) is 46.6 Å². The average Bonchev–Trinajstić information content (AvgIpc) is 3.47. The van der Waals surface area contributed by atoms with Gasteiger partial charge in [0.2, 0.25) is 0 Å². The molecule has 1 aliphatic carbocycles. The van der Waals surface area contributed by atoms with E-state index in [-0.39, 0.29) is 6.61 Å². The van der Waals surface area contributed by atoms with Crippen molar-refractivity contribution in [3.05, 3.63) is 41.2 Å². The fourth-order valence-electron chi connectivity index (χ4n) is 3.41. The number of amides is 1. The van der Waals surface area contributed by atoms with Gasteiger partial charge in [-0.15, -0.1) is 0 Å². The van der Waals surface area contributed by atoms with Crippen molar-refractivity contribution in [3.63, 3.8) is 0 Å². The highest BCUT2D eigenvalue weighted by Crippen LogP contribution is 2.38. The highest BCUT2D eigenvalue weighted by molar-refractivity contribution is 5.96. The number of carbonyl (C=O) groups excluding carboxylic acids is 2. The van der Waals surface area contributed by atoms with Gasteiger partial charge in [0.15, 0.2) is 18.1 Å². The maximum atomic E-state index is 12.4. The molecule has 0 unspecified atom stereocenters. The van der Waals surface area contributed by atoms with Crippen LogP contribution in [0.2, 0.25) is 0 Å². The molecule has 3 rings (SSSR count). The van der Waals surface area contributed by atoms with Crippen LogP contribution in [0.25, 0.3) is 0 Å². The van der Waals surface area contributed by atoms with Gasteiger partial charge in [0.1, 0.15) is 0 Å². The normalized spacial score (nSPS) is 13.1. The molecule has 7 nitrogen and oxygen atoms in total. The van der Waals surface area contributed by atoms with Crippen LogP contribution in [0.1, 0.15) is 54.5 Å². The number of nitrogens with zero attached hydrogens (tertiary/aromatic N) is 1. The number of rotatable bonds is 9. The van der Waals surface area contributed by atoms with E-state index in [1.807, 2.05) is 33.8 Å². The molecule has 1 aromatic carbocycles. The van der Waals surface area contributed by atoms with Crippen LogP contribution in [-0.4, -0.2) is 36.3 Å². The zero-order valence-electron chi connectivity index (χ0n) is 17.4. The number of hydrogen-bond acceptors (Lipinski definition) is 5. The van der Waals surface area contributed by atoms with Crippen molar-refractivity contribution in [1.29, 1.82) is 0 Å². The Balaban J connectivity index is 1.59. The molecule has 1 aliphatic rings. The van der Waals surface area contributed by atoms with Crippen LogP contribution in [0.5, 0.6) is 11.5 Å². The minimum atomic E-state index is -0.484. The van der Waals surface area contributed by atoms with Gasteiger partial charge in [0.05, 0.1) is 18.8 Å². The van der Waals surface area contributed by atoms with Crippen molar-refractivity contribution in [2.75, 3.05) is 25.1 Å². The van der Waals surface area contributed by atoms with Crippen molar-refractivity contribution in [1.82, 2.24) is 4.57 Å². The minimum absolute atomic E-state index is 0.358. The number of carbonyl (C=O) groups is 2. The Hall–Kier alpha value is -2.96. The first-order valence-corrected chi connectivity index (χ1v) is 9.99. The van der Waals surface area contributed by atoms with Crippen LogP contribution in [0.15, 0.2) is 24.3 Å². The summed E-state index contributed by atoms with van der Waals surface area (Å²) in [7, 11) is 0. The molecule has 1 saturated carbocycles. The second kappa shape index (κ2) is 9.03. The summed E-state index contributed by atoms with van der Waals surface area (Å²) in [6, 6.07) is 7.46. The van der Waals surface area contributed by atoms with Crippen molar-refractivity contribution >= 4 is 17.6 Å². The third kappa shape index (κ3) is 4.91. The molecule has 1 amide bonds. The number of esters is 1. The van der Waals surface area contributed by atoms with Gasteiger partial charge >= 0.3 is 5.97 Å². The predicted octanol–water partition coefficient (Wildman–Crippen LogP) is 4.03. The maximum absolute atomic E-state index is 12.4. The molecule has 0 saturated heterocycles. The third-order valence-electron chi connectivity index (χ3n) is 4.78. The van der Waals surface area contributed by atoms with E-state index >= 15 is 0 Å². The standard InChI is InChI=1S/C22H28N2O5/c1-5-27-19-10-7-16(12-20(19)28-6-2)23-21(25)13-29-22(26)18-11-14(3)24(15(18)4)17-8-9-17/h7,10-12,17H,5-6,8-9,13H2,1-4H3,(H,23,25). The van der Waals surface area contributed by atoms with Gasteiger partial charge in [-0.1, -0.05) is 0 Å². The van der Waals surface area contributed by atoms with E-state index in [2.05, 4.69) is 9.88 Å². The lowest BCUT2D eigenvalue weighted by molar-refractivity contribution is -0.119. The SMILES string of the molecule is CCOc1ccc(NC(=O)COC(=O)c2cc(C)n(C3CC3)c2C)cc1OCC. The zero-order valence-corrected chi connectivity index (χ0v) is 17.4. The molecular formula is C22H28N2O5. The zero-order chi connectivity index (χ0) is 21.0. The second-order valence-corrected chi connectivity index (χ2v) is 7.04. The molecule has 2 aromatic rings. The number of anilines is 1. The van der Waals surface area contributed by atoms with Crippen LogP contribution in [0, 0.1) is 13.8 Å². The molecule has 0 bridgehead atoms. The Bertz CT molecular complexity index is 899. The smallest absolute Gasteiger partial charge is 0.340 e. The van der Waals surface area contributed by atoms with E-state index in [0.717, 1.165) is 24.2 Å². The van der Waals surface area contributed by atoms with E-state index in [4.69, 9.17) is 14.2 Å². The van der Waals surface area contributed by atoms with Gasteiger partial charge in [-0.2, -0.15) is 0 Å². The van der Waals surface area contributed by atoms with Crippen LogP contribution in [0.3, 0.4) is 0 Å². The first kappa shape index (κ1) is 20.8. The van der Waals surface area contributed by atoms with Crippen LogP contribution in [-0.2, 0) is 9.53 Å². The quantitative estimate of drug-likeness (QED) is 0.643. The first-order valence-electron chi connectivity index (χ1n) is 9.99. The summed E-state index contributed by atoms with van der Waals surface area (Å²) < 4.78 is 18.5. The summed E-state index contributed by atoms with van der Waals surface area (Å²) >= 11 is 0. The lowest BCUT2D eigenvalue weighted by Crippen LogP contribution is -2.21. The minimum Gasteiger partial charge on any atom is -0.490 e. The van der Waals surface area contributed by atoms with Crippen LogP contribution >= 0.6 is 0 Å². The number of hydrogen-bond donors (Lipinski definition) is 1. The number of nitrogens with one attached hydrogen (secondary N) is 1. The molecule has 0 radical (unpaired) electrons. The fraction of sp³-hybridized carbons (Fsp3) is 0.455. The molecule has 1 fully saturated rings. The van der Waals surface area contributed by atoms with Gasteiger partial charge in [-0.3, -0.25) is 4.79 Å². The van der Waals surface area contributed by atoms with Crippen molar-refractivity contribution < 1.29 is 23.8 Å². The summed E-state index contributed by atoms with van der Waals surface area (Å²) in [6.45, 7) is 8.30. The summed E-state index contributed by atoms with van der Waals surface area (Å²) in [6.07, 6.45) is 2.28. The van der Waals surface area contributed by atoms with E-state index in [9.17, 15) is 9.59 Å². The van der Waals surface area contributed by atoms with Crippen LogP contribution in [0.4, 0.5) is 5.69 Å².